The van der Waals surface area contributed by atoms with E-state index in [2.05, 4.69) is 98.3 Å². The summed E-state index contributed by atoms with van der Waals surface area (Å²) >= 11 is 3.54. The molecular formula is C23H27BrN4. The lowest BCUT2D eigenvalue weighted by Gasteiger charge is -2.15. The van der Waals surface area contributed by atoms with E-state index in [9.17, 15) is 0 Å². The molecule has 3 rings (SSSR count). The highest BCUT2D eigenvalue weighted by Gasteiger charge is 2.20. The van der Waals surface area contributed by atoms with Gasteiger partial charge in [-0.15, -0.1) is 0 Å². The van der Waals surface area contributed by atoms with Gasteiger partial charge in [-0.2, -0.15) is 0 Å². The molecule has 0 amide bonds. The van der Waals surface area contributed by atoms with Gasteiger partial charge in [-0.25, -0.2) is 0 Å². The van der Waals surface area contributed by atoms with Gasteiger partial charge in [0.2, 0.25) is 0 Å². The first-order valence-electron chi connectivity index (χ1n) is 9.84. The topological polar surface area (TPSA) is 56.3 Å². The van der Waals surface area contributed by atoms with E-state index in [0.29, 0.717) is 0 Å². The van der Waals surface area contributed by atoms with Crippen LogP contribution < -0.4 is 0 Å². The molecular weight excluding hydrogens is 412 g/mol. The van der Waals surface area contributed by atoms with Crippen molar-refractivity contribution in [2.75, 3.05) is 13.1 Å². The lowest BCUT2D eigenvalue weighted by atomic mass is 9.93. The summed E-state index contributed by atoms with van der Waals surface area (Å²) in [5.74, 6) is 0.0924. The van der Waals surface area contributed by atoms with Gasteiger partial charge >= 0.3 is 0 Å². The molecule has 2 heterocycles. The molecule has 0 fully saturated rings. The summed E-state index contributed by atoms with van der Waals surface area (Å²) in [5.41, 5.74) is 5.56. The molecule has 1 aromatic carbocycles. The molecule has 146 valence electrons. The van der Waals surface area contributed by atoms with Crippen LogP contribution in [0.4, 0.5) is 0 Å². The standard InChI is InChI=1S/C23H27BrN4/c1-3-13-25-15-19-9-11-21(27-19)23(17-5-7-18(24)8-6-17)22-12-10-20(28-22)16-26-14-4-2/h5-12,15-16,23,27-28H,3-4,13-14H2,1-2H3. The molecule has 0 aliphatic heterocycles. The van der Waals surface area contributed by atoms with Crippen molar-refractivity contribution in [2.24, 2.45) is 9.98 Å². The number of aromatic nitrogens is 2. The van der Waals surface area contributed by atoms with Crippen LogP contribution in [0.15, 0.2) is 63.0 Å². The Balaban J connectivity index is 1.93. The van der Waals surface area contributed by atoms with Crippen molar-refractivity contribution in [2.45, 2.75) is 32.6 Å². The zero-order valence-electron chi connectivity index (χ0n) is 16.5. The van der Waals surface area contributed by atoms with Gasteiger partial charge in [0.05, 0.1) is 17.3 Å². The molecule has 0 saturated carbocycles. The van der Waals surface area contributed by atoms with E-state index in [1.807, 2.05) is 12.4 Å². The van der Waals surface area contributed by atoms with Crippen molar-refractivity contribution in [1.82, 2.24) is 9.97 Å². The number of hydrogen-bond donors (Lipinski definition) is 2. The molecule has 0 aliphatic rings. The van der Waals surface area contributed by atoms with Crippen molar-refractivity contribution in [3.63, 3.8) is 0 Å². The minimum atomic E-state index is 0.0924. The van der Waals surface area contributed by atoms with E-state index in [-0.39, 0.29) is 5.92 Å². The Labute approximate surface area is 175 Å². The van der Waals surface area contributed by atoms with E-state index < -0.39 is 0 Å². The fraction of sp³-hybridized carbons (Fsp3) is 0.304. The minimum Gasteiger partial charge on any atom is -0.357 e. The number of nitrogens with one attached hydrogen (secondary N) is 2. The van der Waals surface area contributed by atoms with E-state index in [1.165, 1.54) is 5.56 Å². The molecule has 0 bridgehead atoms. The van der Waals surface area contributed by atoms with Crippen molar-refractivity contribution in [3.05, 3.63) is 81.3 Å². The third-order valence-corrected chi connectivity index (χ3v) is 4.98. The molecule has 3 aromatic rings. The Morgan fingerprint density at radius 2 is 1.29 bits per heavy atom. The highest BCUT2D eigenvalue weighted by molar-refractivity contribution is 9.10. The molecule has 0 unspecified atom stereocenters. The molecule has 0 aliphatic carbocycles. The maximum absolute atomic E-state index is 4.45. The van der Waals surface area contributed by atoms with Crippen LogP contribution in [0.25, 0.3) is 0 Å². The van der Waals surface area contributed by atoms with E-state index >= 15 is 0 Å². The van der Waals surface area contributed by atoms with Crippen LogP contribution in [0.2, 0.25) is 0 Å². The summed E-state index contributed by atoms with van der Waals surface area (Å²) in [5, 5.41) is 0. The van der Waals surface area contributed by atoms with Crippen LogP contribution in [0.1, 0.15) is 60.9 Å². The highest BCUT2D eigenvalue weighted by Crippen LogP contribution is 2.31. The second-order valence-corrected chi connectivity index (χ2v) is 7.71. The van der Waals surface area contributed by atoms with Crippen molar-refractivity contribution in [1.29, 1.82) is 0 Å². The fourth-order valence-electron chi connectivity index (χ4n) is 3.11. The summed E-state index contributed by atoms with van der Waals surface area (Å²) < 4.78 is 1.08. The van der Waals surface area contributed by atoms with Gasteiger partial charge in [-0.1, -0.05) is 41.9 Å². The molecule has 0 atom stereocenters. The van der Waals surface area contributed by atoms with E-state index in [1.54, 1.807) is 0 Å². The van der Waals surface area contributed by atoms with Crippen LogP contribution in [0, 0.1) is 0 Å². The average Bonchev–Trinajstić information content (AvgIpc) is 3.35. The molecule has 2 N–H and O–H groups in total. The number of nitrogens with zero attached hydrogens (tertiary/aromatic N) is 2. The van der Waals surface area contributed by atoms with Crippen LogP contribution >= 0.6 is 15.9 Å². The van der Waals surface area contributed by atoms with Crippen molar-refractivity contribution in [3.8, 4) is 0 Å². The summed E-state index contributed by atoms with van der Waals surface area (Å²) in [6, 6.07) is 17.0. The van der Waals surface area contributed by atoms with Gasteiger partial charge in [0, 0.05) is 41.4 Å². The molecule has 4 nitrogen and oxygen atoms in total. The molecule has 2 aromatic heterocycles. The summed E-state index contributed by atoms with van der Waals surface area (Å²) in [6.07, 6.45) is 5.94. The summed E-state index contributed by atoms with van der Waals surface area (Å²) in [4.78, 5) is 16.0. The number of rotatable bonds is 9. The van der Waals surface area contributed by atoms with Crippen LogP contribution in [0.3, 0.4) is 0 Å². The first kappa shape index (κ1) is 20.3. The zero-order chi connectivity index (χ0) is 19.8. The van der Waals surface area contributed by atoms with Crippen LogP contribution in [-0.4, -0.2) is 35.5 Å². The second kappa shape index (κ2) is 10.2. The minimum absolute atomic E-state index is 0.0924. The largest absolute Gasteiger partial charge is 0.357 e. The van der Waals surface area contributed by atoms with E-state index in [0.717, 1.165) is 53.2 Å². The summed E-state index contributed by atoms with van der Waals surface area (Å²) in [6.45, 7) is 5.96. The molecule has 0 radical (unpaired) electrons. The van der Waals surface area contributed by atoms with Crippen molar-refractivity contribution >= 4 is 28.4 Å². The quantitative estimate of drug-likeness (QED) is 0.388. The normalized spacial score (nSPS) is 13.0. The van der Waals surface area contributed by atoms with Crippen LogP contribution in [0.5, 0.6) is 0 Å². The van der Waals surface area contributed by atoms with Crippen LogP contribution in [-0.2, 0) is 0 Å². The monoisotopic (exact) mass is 438 g/mol. The maximum Gasteiger partial charge on any atom is 0.0641 e. The van der Waals surface area contributed by atoms with Gasteiger partial charge < -0.3 is 9.97 Å². The van der Waals surface area contributed by atoms with Gasteiger partial charge in [0.25, 0.3) is 0 Å². The lowest BCUT2D eigenvalue weighted by Crippen LogP contribution is -2.05. The van der Waals surface area contributed by atoms with Gasteiger partial charge in [0.1, 0.15) is 0 Å². The first-order chi connectivity index (χ1) is 13.7. The van der Waals surface area contributed by atoms with Gasteiger partial charge in [-0.05, 0) is 54.8 Å². The first-order valence-corrected chi connectivity index (χ1v) is 10.6. The lowest BCUT2D eigenvalue weighted by molar-refractivity contribution is 0.893. The molecule has 0 spiro atoms. The van der Waals surface area contributed by atoms with Gasteiger partial charge in [0.15, 0.2) is 0 Å². The Hall–Kier alpha value is -2.40. The number of benzene rings is 1. The zero-order valence-corrected chi connectivity index (χ0v) is 18.0. The third kappa shape index (κ3) is 5.32. The van der Waals surface area contributed by atoms with Gasteiger partial charge in [-0.3, -0.25) is 9.98 Å². The maximum atomic E-state index is 4.45. The SMILES string of the molecule is CCCN=Cc1ccc(C(c2ccc(Br)cc2)c2ccc(C=NCCC)[nH]2)[nH]1. The fourth-order valence-corrected chi connectivity index (χ4v) is 3.38. The predicted octanol–water partition coefficient (Wildman–Crippen LogP) is 5.94. The number of halogens is 1. The highest BCUT2D eigenvalue weighted by atomic mass is 79.9. The molecule has 28 heavy (non-hydrogen) atoms. The average molecular weight is 439 g/mol. The Morgan fingerprint density at radius 1 is 0.786 bits per heavy atom. The predicted molar refractivity (Wildman–Crippen MR) is 122 cm³/mol. The van der Waals surface area contributed by atoms with E-state index in [4.69, 9.17) is 0 Å². The molecule has 0 saturated heterocycles. The summed E-state index contributed by atoms with van der Waals surface area (Å²) in [7, 11) is 0. The Kier molecular flexibility index (Phi) is 7.43. The number of hydrogen-bond acceptors (Lipinski definition) is 2. The number of H-pyrrole nitrogens is 2. The Morgan fingerprint density at radius 3 is 1.75 bits per heavy atom. The smallest absolute Gasteiger partial charge is 0.0641 e. The van der Waals surface area contributed by atoms with Crippen molar-refractivity contribution < 1.29 is 0 Å². The number of aromatic amines is 2. The number of aliphatic imine (C=N–C) groups is 2. The molecule has 5 heteroatoms. The third-order valence-electron chi connectivity index (χ3n) is 4.45. The second-order valence-electron chi connectivity index (χ2n) is 6.79. The Bertz CT molecular complexity index is 864.